The fourth-order valence-corrected chi connectivity index (χ4v) is 4.57. The summed E-state index contributed by atoms with van der Waals surface area (Å²) in [5, 5.41) is 5.67. The average Bonchev–Trinajstić information content (AvgIpc) is 3.16. The van der Waals surface area contributed by atoms with Crippen molar-refractivity contribution in [3.8, 4) is 5.00 Å². The Morgan fingerprint density at radius 3 is 2.63 bits per heavy atom. The Labute approximate surface area is 160 Å². The fourth-order valence-electron chi connectivity index (χ4n) is 3.23. The summed E-state index contributed by atoms with van der Waals surface area (Å²) in [6.45, 7) is -0.480. The highest BCUT2D eigenvalue weighted by atomic mass is 32.1. The van der Waals surface area contributed by atoms with Gasteiger partial charge in [0.2, 0.25) is 0 Å². The monoisotopic (exact) mass is 387 g/mol. The van der Waals surface area contributed by atoms with Crippen LogP contribution in [0.4, 0.5) is 4.79 Å². The van der Waals surface area contributed by atoms with Crippen LogP contribution in [0, 0.1) is 0 Å². The lowest BCUT2D eigenvalue weighted by molar-refractivity contribution is -0.123. The second-order valence-electron chi connectivity index (χ2n) is 6.85. The van der Waals surface area contributed by atoms with Crippen molar-refractivity contribution < 1.29 is 19.1 Å². The third-order valence-corrected chi connectivity index (χ3v) is 6.00. The highest BCUT2D eigenvalue weighted by Crippen LogP contribution is 2.37. The lowest BCUT2D eigenvalue weighted by Gasteiger charge is -2.13. The highest BCUT2D eigenvalue weighted by molar-refractivity contribution is 7.15. The maximum Gasteiger partial charge on any atom is 0.341 e. The zero-order chi connectivity index (χ0) is 18.8. The third kappa shape index (κ3) is 4.05. The number of nitrogens with zero attached hydrogens (tertiary/aromatic N) is 1. The number of hydrogen-bond acceptors (Lipinski definition) is 5. The minimum absolute atomic E-state index is 0.154. The van der Waals surface area contributed by atoms with Crippen molar-refractivity contribution in [1.82, 2.24) is 15.2 Å². The van der Waals surface area contributed by atoms with Crippen LogP contribution in [0.3, 0.4) is 0 Å². The second-order valence-corrected chi connectivity index (χ2v) is 7.94. The molecule has 0 saturated heterocycles. The van der Waals surface area contributed by atoms with E-state index in [0.29, 0.717) is 5.56 Å². The second kappa shape index (κ2) is 7.56. The molecule has 2 aromatic heterocycles. The van der Waals surface area contributed by atoms with Crippen LogP contribution in [-0.2, 0) is 22.4 Å². The topological polar surface area (TPSA) is 89.4 Å². The van der Waals surface area contributed by atoms with Crippen LogP contribution >= 0.6 is 11.3 Å². The van der Waals surface area contributed by atoms with Gasteiger partial charge < -0.3 is 14.6 Å². The maximum absolute atomic E-state index is 12.8. The summed E-state index contributed by atoms with van der Waals surface area (Å²) in [5.41, 5.74) is 1.58. The number of thiophene rings is 1. The third-order valence-electron chi connectivity index (χ3n) is 4.70. The van der Waals surface area contributed by atoms with E-state index >= 15 is 0 Å². The van der Waals surface area contributed by atoms with Crippen LogP contribution in [0.25, 0.3) is 5.00 Å². The molecule has 7 nitrogen and oxygen atoms in total. The molecule has 0 bridgehead atoms. The van der Waals surface area contributed by atoms with Gasteiger partial charge in [0.25, 0.3) is 5.91 Å². The number of rotatable bonds is 5. The van der Waals surface area contributed by atoms with Gasteiger partial charge >= 0.3 is 12.0 Å². The first-order valence-corrected chi connectivity index (χ1v) is 9.99. The standard InChI is InChI=1S/C19H21N3O4S/c23-15(21-19(25)20-12-7-8-12)11-26-18(24)16-13-5-1-2-6-14(13)27-17(16)22-9-3-4-10-22/h3-4,9-10,12H,1-2,5-8,11H2,(H2,20,21,23,25). The molecule has 0 unspecified atom stereocenters. The first-order chi connectivity index (χ1) is 13.1. The molecule has 2 aliphatic carbocycles. The minimum Gasteiger partial charge on any atom is -0.452 e. The molecule has 2 aliphatic rings. The van der Waals surface area contributed by atoms with Gasteiger partial charge in [0.05, 0.1) is 5.56 Å². The first-order valence-electron chi connectivity index (χ1n) is 9.17. The summed E-state index contributed by atoms with van der Waals surface area (Å²) in [6.07, 6.45) is 9.61. The lowest BCUT2D eigenvalue weighted by atomic mass is 9.95. The fraction of sp³-hybridized carbons (Fsp3) is 0.421. The molecule has 0 atom stereocenters. The minimum atomic E-state index is -0.631. The van der Waals surface area contributed by atoms with E-state index in [1.165, 1.54) is 4.88 Å². The van der Waals surface area contributed by atoms with Crippen molar-refractivity contribution in [2.24, 2.45) is 0 Å². The number of ether oxygens (including phenoxy) is 1. The lowest BCUT2D eigenvalue weighted by Crippen LogP contribution is -2.42. The summed E-state index contributed by atoms with van der Waals surface area (Å²) >= 11 is 1.60. The average molecular weight is 387 g/mol. The zero-order valence-corrected chi connectivity index (χ0v) is 15.6. The van der Waals surface area contributed by atoms with Gasteiger partial charge in [-0.2, -0.15) is 0 Å². The Balaban J connectivity index is 1.45. The van der Waals surface area contributed by atoms with Crippen molar-refractivity contribution in [2.45, 2.75) is 44.6 Å². The molecule has 2 aromatic rings. The number of carbonyl (C=O) groups excluding carboxylic acids is 3. The van der Waals surface area contributed by atoms with Crippen molar-refractivity contribution >= 4 is 29.2 Å². The molecule has 2 N–H and O–H groups in total. The van der Waals surface area contributed by atoms with Crippen molar-refractivity contribution in [2.75, 3.05) is 6.61 Å². The van der Waals surface area contributed by atoms with Gasteiger partial charge in [0, 0.05) is 23.3 Å². The number of fused-ring (bicyclic) bond motifs is 1. The van der Waals surface area contributed by atoms with Gasteiger partial charge in [-0.15, -0.1) is 11.3 Å². The first kappa shape index (κ1) is 17.8. The van der Waals surface area contributed by atoms with Gasteiger partial charge in [0.15, 0.2) is 6.61 Å². The molecule has 1 saturated carbocycles. The van der Waals surface area contributed by atoms with Crippen LogP contribution in [0.5, 0.6) is 0 Å². The van der Waals surface area contributed by atoms with Crippen LogP contribution in [0.15, 0.2) is 24.5 Å². The van der Waals surface area contributed by atoms with Crippen LogP contribution in [0.1, 0.15) is 46.5 Å². The Kier molecular flexibility index (Phi) is 4.98. The summed E-state index contributed by atoms with van der Waals surface area (Å²) in [7, 11) is 0. The van der Waals surface area contributed by atoms with E-state index in [9.17, 15) is 14.4 Å². The van der Waals surface area contributed by atoms with Crippen LogP contribution < -0.4 is 10.6 Å². The SMILES string of the molecule is O=C(COC(=O)c1c(-n2cccc2)sc2c1CCCC2)NC(=O)NC1CC1. The van der Waals surface area contributed by atoms with Gasteiger partial charge in [0.1, 0.15) is 5.00 Å². The maximum atomic E-state index is 12.8. The van der Waals surface area contributed by atoms with Gasteiger partial charge in [-0.25, -0.2) is 9.59 Å². The quantitative estimate of drug-likeness (QED) is 0.772. The molecule has 0 aromatic carbocycles. The molecular formula is C19H21N3O4S. The number of aryl methyl sites for hydroxylation is 1. The van der Waals surface area contributed by atoms with Crippen LogP contribution in [0.2, 0.25) is 0 Å². The molecule has 4 rings (SSSR count). The van der Waals surface area contributed by atoms with Gasteiger partial charge in [-0.3, -0.25) is 10.1 Å². The highest BCUT2D eigenvalue weighted by Gasteiger charge is 2.28. The molecular weight excluding hydrogens is 366 g/mol. The van der Waals surface area contributed by atoms with E-state index < -0.39 is 24.5 Å². The normalized spacial score (nSPS) is 15.7. The van der Waals surface area contributed by atoms with E-state index in [0.717, 1.165) is 49.1 Å². The van der Waals surface area contributed by atoms with Crippen molar-refractivity contribution in [3.05, 3.63) is 40.5 Å². The largest absolute Gasteiger partial charge is 0.452 e. The summed E-state index contributed by atoms with van der Waals surface area (Å²) < 4.78 is 7.14. The van der Waals surface area contributed by atoms with E-state index in [2.05, 4.69) is 10.6 Å². The van der Waals surface area contributed by atoms with Gasteiger partial charge in [-0.1, -0.05) is 0 Å². The van der Waals surface area contributed by atoms with E-state index in [-0.39, 0.29) is 6.04 Å². The molecule has 0 radical (unpaired) electrons. The number of amides is 3. The summed E-state index contributed by atoms with van der Waals surface area (Å²) in [6, 6.07) is 3.42. The molecule has 1 fully saturated rings. The Hall–Kier alpha value is -2.61. The number of hydrogen-bond donors (Lipinski definition) is 2. The molecule has 8 heteroatoms. The zero-order valence-electron chi connectivity index (χ0n) is 14.8. The number of urea groups is 1. The van der Waals surface area contributed by atoms with Crippen LogP contribution in [-0.4, -0.2) is 35.1 Å². The van der Waals surface area contributed by atoms with E-state index in [4.69, 9.17) is 4.74 Å². The Bertz CT molecular complexity index is 868. The van der Waals surface area contributed by atoms with E-state index in [1.54, 1.807) is 11.3 Å². The molecule has 0 aliphatic heterocycles. The van der Waals surface area contributed by atoms with Crippen molar-refractivity contribution in [1.29, 1.82) is 0 Å². The molecule has 2 heterocycles. The number of esters is 1. The number of carbonyl (C=O) groups is 3. The molecule has 0 spiro atoms. The smallest absolute Gasteiger partial charge is 0.341 e. The van der Waals surface area contributed by atoms with E-state index in [1.807, 2.05) is 29.1 Å². The Morgan fingerprint density at radius 2 is 1.89 bits per heavy atom. The molecule has 27 heavy (non-hydrogen) atoms. The number of nitrogens with one attached hydrogen (secondary N) is 2. The Morgan fingerprint density at radius 1 is 1.15 bits per heavy atom. The predicted octanol–water partition coefficient (Wildman–Crippen LogP) is 2.56. The molecule has 142 valence electrons. The predicted molar refractivity (Wildman–Crippen MR) is 100 cm³/mol. The number of imide groups is 1. The summed E-state index contributed by atoms with van der Waals surface area (Å²) in [4.78, 5) is 37.4. The summed E-state index contributed by atoms with van der Waals surface area (Å²) in [5.74, 6) is -1.15. The van der Waals surface area contributed by atoms with Crippen molar-refractivity contribution in [3.63, 3.8) is 0 Å². The number of aromatic nitrogens is 1. The molecule has 3 amide bonds. The van der Waals surface area contributed by atoms with Gasteiger partial charge in [-0.05, 0) is 56.2 Å².